The van der Waals surface area contributed by atoms with Crippen LogP contribution in [0.1, 0.15) is 63.2 Å². The van der Waals surface area contributed by atoms with Crippen molar-refractivity contribution >= 4 is 33.1 Å². The van der Waals surface area contributed by atoms with Gasteiger partial charge in [-0.05, 0) is 89.5 Å². The molecule has 1 saturated heterocycles. The number of hydrogen-bond acceptors (Lipinski definition) is 8. The Morgan fingerprint density at radius 2 is 1.84 bits per heavy atom. The minimum absolute atomic E-state index is 0.000947. The Morgan fingerprint density at radius 1 is 1.07 bits per heavy atom. The molecule has 1 N–H and O–H groups in total. The Bertz CT molecular complexity index is 1380. The van der Waals surface area contributed by atoms with Crippen LogP contribution in [0, 0.1) is 17.7 Å². The van der Waals surface area contributed by atoms with Gasteiger partial charge in [-0.1, -0.05) is 0 Å². The molecular formula is C31H46FN7O3S. The van der Waals surface area contributed by atoms with Gasteiger partial charge in [0.15, 0.2) is 5.82 Å². The number of anilines is 3. The summed E-state index contributed by atoms with van der Waals surface area (Å²) in [5, 5.41) is 0. The third-order valence-electron chi connectivity index (χ3n) is 9.15. The first kappa shape index (κ1) is 31.6. The molecule has 2 aromatic rings. The van der Waals surface area contributed by atoms with Crippen LogP contribution in [0.2, 0.25) is 0 Å². The van der Waals surface area contributed by atoms with Crippen molar-refractivity contribution in [2.45, 2.75) is 65.0 Å². The molecule has 0 spiro atoms. The average molecular weight is 616 g/mol. The highest BCUT2D eigenvalue weighted by molar-refractivity contribution is 7.88. The Labute approximate surface area is 255 Å². The number of nitrogens with zero attached hydrogens (tertiary/aromatic N) is 6. The molecule has 1 aliphatic carbocycles. The molecule has 12 heteroatoms. The maximum absolute atomic E-state index is 14.4. The number of fused-ring (bicyclic) bond motifs is 1. The average Bonchev–Trinajstić information content (AvgIpc) is 3.40. The van der Waals surface area contributed by atoms with Crippen LogP contribution >= 0.6 is 0 Å². The standard InChI is InChI=1S/C31H46FN7O3S/c1-5-38(22(2)3)31(40)27-16-25(32)8-11-28(27)39-15-14-37(30-29(39)17-33-21-34-30)20-24-12-13-36(19-24)18-23-6-9-26(10-7-23)35-43(4,41)42/h8,11,16-17,21-24,26,35H,5-7,9-10,12-15,18-20H2,1-4H3. The van der Waals surface area contributed by atoms with Crippen LogP contribution in [-0.4, -0.2) is 98.2 Å². The summed E-state index contributed by atoms with van der Waals surface area (Å²) < 4.78 is 40.4. The highest BCUT2D eigenvalue weighted by atomic mass is 32.2. The zero-order valence-corrected chi connectivity index (χ0v) is 26.7. The van der Waals surface area contributed by atoms with E-state index in [0.29, 0.717) is 36.2 Å². The lowest BCUT2D eigenvalue weighted by molar-refractivity contribution is 0.0717. The van der Waals surface area contributed by atoms with Gasteiger partial charge in [0, 0.05) is 51.4 Å². The van der Waals surface area contributed by atoms with E-state index in [1.54, 1.807) is 23.5 Å². The van der Waals surface area contributed by atoms with E-state index < -0.39 is 15.8 Å². The summed E-state index contributed by atoms with van der Waals surface area (Å²) in [6.07, 6.45) is 9.66. The molecule has 3 heterocycles. The minimum Gasteiger partial charge on any atom is -0.353 e. The summed E-state index contributed by atoms with van der Waals surface area (Å²) in [7, 11) is -3.15. The second-order valence-electron chi connectivity index (χ2n) is 12.7. The SMILES string of the molecule is CCN(C(=O)c1cc(F)ccc1N1CCN(CC2CCN(CC3CCC(NS(C)(=O)=O)CC3)C2)c2ncncc21)C(C)C. The molecule has 3 aliphatic rings. The van der Waals surface area contributed by atoms with Gasteiger partial charge in [-0.25, -0.2) is 27.5 Å². The summed E-state index contributed by atoms with van der Waals surface area (Å²) in [6.45, 7) is 11.9. The molecule has 0 radical (unpaired) electrons. The van der Waals surface area contributed by atoms with Crippen LogP contribution in [0.4, 0.5) is 21.6 Å². The first-order valence-corrected chi connectivity index (χ1v) is 17.5. The number of likely N-dealkylation sites (tertiary alicyclic amines) is 1. The molecule has 1 atom stereocenters. The topological polar surface area (TPSA) is 102 Å². The Kier molecular flexibility index (Phi) is 9.87. The first-order chi connectivity index (χ1) is 20.5. The first-order valence-electron chi connectivity index (χ1n) is 15.6. The van der Waals surface area contributed by atoms with Gasteiger partial charge < -0.3 is 19.6 Å². The van der Waals surface area contributed by atoms with E-state index in [2.05, 4.69) is 29.4 Å². The predicted octanol–water partition coefficient (Wildman–Crippen LogP) is 3.87. The molecule has 1 aromatic heterocycles. The number of sulfonamides is 1. The van der Waals surface area contributed by atoms with Gasteiger partial charge in [-0.2, -0.15) is 0 Å². The predicted molar refractivity (Wildman–Crippen MR) is 168 cm³/mol. The van der Waals surface area contributed by atoms with Crippen LogP contribution in [0.3, 0.4) is 0 Å². The number of nitrogens with one attached hydrogen (secondary N) is 1. The number of hydrogen-bond donors (Lipinski definition) is 1. The molecule has 1 aromatic carbocycles. The van der Waals surface area contributed by atoms with E-state index in [1.165, 1.54) is 18.4 Å². The fraction of sp³-hybridized carbons (Fsp3) is 0.645. The lowest BCUT2D eigenvalue weighted by atomic mass is 9.86. The summed E-state index contributed by atoms with van der Waals surface area (Å²) in [4.78, 5) is 31.3. The third-order valence-corrected chi connectivity index (χ3v) is 9.92. The van der Waals surface area contributed by atoms with Gasteiger partial charge in [0.25, 0.3) is 5.91 Å². The quantitative estimate of drug-likeness (QED) is 0.430. The molecular weight excluding hydrogens is 569 g/mol. The number of rotatable bonds is 10. The van der Waals surface area contributed by atoms with Gasteiger partial charge >= 0.3 is 0 Å². The highest BCUT2D eigenvalue weighted by Crippen LogP contribution is 2.38. The zero-order valence-electron chi connectivity index (χ0n) is 25.9. The number of amides is 1. The van der Waals surface area contributed by atoms with Crippen molar-refractivity contribution in [2.75, 3.05) is 61.9 Å². The van der Waals surface area contributed by atoms with Crippen LogP contribution in [0.15, 0.2) is 30.7 Å². The normalized spacial score (nSPS) is 23.1. The fourth-order valence-corrected chi connectivity index (χ4v) is 7.95. The van der Waals surface area contributed by atoms with E-state index in [9.17, 15) is 17.6 Å². The molecule has 2 aliphatic heterocycles. The third kappa shape index (κ3) is 7.64. The maximum atomic E-state index is 14.4. The molecule has 2 fully saturated rings. The molecule has 1 saturated carbocycles. The van der Waals surface area contributed by atoms with Gasteiger partial charge in [-0.15, -0.1) is 0 Å². The van der Waals surface area contributed by atoms with Gasteiger partial charge in [0.05, 0.1) is 23.7 Å². The number of halogens is 1. The lowest BCUT2D eigenvalue weighted by Crippen LogP contribution is -2.43. The molecule has 1 unspecified atom stereocenters. The molecule has 0 bridgehead atoms. The van der Waals surface area contributed by atoms with E-state index in [4.69, 9.17) is 0 Å². The summed E-state index contributed by atoms with van der Waals surface area (Å²) in [5.41, 5.74) is 1.86. The van der Waals surface area contributed by atoms with Crippen LogP contribution in [0.5, 0.6) is 0 Å². The van der Waals surface area contributed by atoms with Crippen molar-refractivity contribution in [3.63, 3.8) is 0 Å². The minimum atomic E-state index is -3.15. The van der Waals surface area contributed by atoms with Gasteiger partial charge in [-0.3, -0.25) is 4.79 Å². The van der Waals surface area contributed by atoms with E-state index in [1.807, 2.05) is 20.8 Å². The fourth-order valence-electron chi connectivity index (χ4n) is 7.11. The van der Waals surface area contributed by atoms with E-state index >= 15 is 0 Å². The van der Waals surface area contributed by atoms with Crippen molar-refractivity contribution in [1.29, 1.82) is 0 Å². The summed E-state index contributed by atoms with van der Waals surface area (Å²) >= 11 is 0. The number of aromatic nitrogens is 2. The Hall–Kier alpha value is -2.83. The molecule has 236 valence electrons. The number of benzene rings is 1. The number of carbonyl (C=O) groups excluding carboxylic acids is 1. The van der Waals surface area contributed by atoms with Crippen LogP contribution in [-0.2, 0) is 10.0 Å². The van der Waals surface area contributed by atoms with Crippen molar-refractivity contribution in [2.24, 2.45) is 11.8 Å². The summed E-state index contributed by atoms with van der Waals surface area (Å²) in [5.74, 6) is 1.36. The highest BCUT2D eigenvalue weighted by Gasteiger charge is 2.33. The monoisotopic (exact) mass is 615 g/mol. The lowest BCUT2D eigenvalue weighted by Gasteiger charge is -2.39. The maximum Gasteiger partial charge on any atom is 0.256 e. The molecule has 5 rings (SSSR count). The van der Waals surface area contributed by atoms with Crippen molar-refractivity contribution in [1.82, 2.24) is 24.5 Å². The second-order valence-corrected chi connectivity index (χ2v) is 14.5. The van der Waals surface area contributed by atoms with E-state index in [-0.39, 0.29) is 18.0 Å². The van der Waals surface area contributed by atoms with Gasteiger partial charge in [0.2, 0.25) is 10.0 Å². The van der Waals surface area contributed by atoms with Gasteiger partial charge in [0.1, 0.15) is 17.8 Å². The zero-order chi connectivity index (χ0) is 30.7. The number of carbonyl (C=O) groups is 1. The second kappa shape index (κ2) is 13.4. The molecule has 10 nitrogen and oxygen atoms in total. The Balaban J connectivity index is 1.24. The molecule has 43 heavy (non-hydrogen) atoms. The van der Waals surface area contributed by atoms with Crippen molar-refractivity contribution < 1.29 is 17.6 Å². The van der Waals surface area contributed by atoms with Crippen molar-refractivity contribution in [3.8, 4) is 0 Å². The van der Waals surface area contributed by atoms with Crippen LogP contribution in [0.25, 0.3) is 0 Å². The smallest absolute Gasteiger partial charge is 0.256 e. The Morgan fingerprint density at radius 3 is 2.53 bits per heavy atom. The summed E-state index contributed by atoms with van der Waals surface area (Å²) in [6, 6.07) is 4.53. The molecule has 1 amide bonds. The largest absolute Gasteiger partial charge is 0.353 e. The van der Waals surface area contributed by atoms with E-state index in [0.717, 1.165) is 76.3 Å². The van der Waals surface area contributed by atoms with Crippen molar-refractivity contribution in [3.05, 3.63) is 42.1 Å². The van der Waals surface area contributed by atoms with Crippen LogP contribution < -0.4 is 14.5 Å².